The lowest BCUT2D eigenvalue weighted by molar-refractivity contribution is -0.129. The van der Waals surface area contributed by atoms with E-state index < -0.39 is 17.8 Å². The van der Waals surface area contributed by atoms with E-state index in [1.807, 2.05) is 20.8 Å². The molecule has 10 heteroatoms. The third kappa shape index (κ3) is 7.64. The minimum absolute atomic E-state index is 0.155. The summed E-state index contributed by atoms with van der Waals surface area (Å²) < 4.78 is 6.97. The van der Waals surface area contributed by atoms with Crippen LogP contribution >= 0.6 is 0 Å². The van der Waals surface area contributed by atoms with Gasteiger partial charge in [-0.3, -0.25) is 9.48 Å². The van der Waals surface area contributed by atoms with E-state index in [4.69, 9.17) is 9.57 Å². The van der Waals surface area contributed by atoms with Gasteiger partial charge in [0.1, 0.15) is 5.60 Å². The maximum Gasteiger partial charge on any atom is 0.410 e. The molecule has 29 heavy (non-hydrogen) atoms. The van der Waals surface area contributed by atoms with E-state index in [9.17, 15) is 14.7 Å². The van der Waals surface area contributed by atoms with Crippen LogP contribution < -0.4 is 5.32 Å². The molecule has 164 valence electrons. The molecule has 0 radical (unpaired) electrons. The van der Waals surface area contributed by atoms with Gasteiger partial charge < -0.3 is 24.9 Å². The number of likely N-dealkylation sites (N-methyl/N-ethyl adjacent to an activating group) is 1. The number of aliphatic hydroxyl groups excluding tert-OH is 1. The second kappa shape index (κ2) is 10.0. The Bertz CT molecular complexity index is 687. The lowest BCUT2D eigenvalue weighted by atomic mass is 9.97. The molecule has 2 atom stereocenters. The number of hydrogen-bond acceptors (Lipinski definition) is 7. The second-order valence-corrected chi connectivity index (χ2v) is 8.35. The van der Waals surface area contributed by atoms with E-state index in [0.717, 1.165) is 6.42 Å². The summed E-state index contributed by atoms with van der Waals surface area (Å²) >= 11 is 0. The average Bonchev–Trinajstić information content (AvgIpc) is 3.06. The molecule has 0 saturated carbocycles. The van der Waals surface area contributed by atoms with Gasteiger partial charge in [-0.1, -0.05) is 0 Å². The minimum atomic E-state index is -0.663. The van der Waals surface area contributed by atoms with Crippen molar-refractivity contribution in [1.29, 1.82) is 0 Å². The standard InChI is InChI=1S/C19H33N5O5/c1-19(2,3)29-18(27)23-8-6-7-14(10-23)17(26)21-15-9-20-24(11-15)13-16(25)12-22(4)28-5/h9,11,14,16,25H,6-8,10,12-13H2,1-5H3,(H,21,26). The van der Waals surface area contributed by atoms with Crippen molar-refractivity contribution in [1.82, 2.24) is 19.7 Å². The van der Waals surface area contributed by atoms with E-state index in [-0.39, 0.29) is 18.4 Å². The summed E-state index contributed by atoms with van der Waals surface area (Å²) in [5.41, 5.74) is -0.0135. The number of aromatic nitrogens is 2. The van der Waals surface area contributed by atoms with E-state index >= 15 is 0 Å². The molecule has 1 saturated heterocycles. The van der Waals surface area contributed by atoms with Crippen molar-refractivity contribution in [2.45, 2.75) is 51.9 Å². The number of rotatable bonds is 7. The summed E-state index contributed by atoms with van der Waals surface area (Å²) in [4.78, 5) is 31.5. The number of aliphatic hydroxyl groups is 1. The quantitative estimate of drug-likeness (QED) is 0.651. The molecule has 10 nitrogen and oxygen atoms in total. The average molecular weight is 412 g/mol. The van der Waals surface area contributed by atoms with Crippen LogP contribution in [-0.2, 0) is 20.9 Å². The van der Waals surface area contributed by atoms with Gasteiger partial charge >= 0.3 is 6.09 Å². The topological polar surface area (TPSA) is 109 Å². The van der Waals surface area contributed by atoms with Crippen LogP contribution in [0.1, 0.15) is 33.6 Å². The number of anilines is 1. The molecule has 2 N–H and O–H groups in total. The highest BCUT2D eigenvalue weighted by atomic mass is 16.7. The minimum Gasteiger partial charge on any atom is -0.444 e. The molecule has 1 aliphatic heterocycles. The molecule has 1 aromatic rings. The number of likely N-dealkylation sites (tertiary alicyclic amines) is 1. The number of hydroxylamine groups is 2. The molecule has 0 spiro atoms. The Morgan fingerprint density at radius 2 is 2.17 bits per heavy atom. The van der Waals surface area contributed by atoms with Crippen molar-refractivity contribution in [2.75, 3.05) is 39.1 Å². The van der Waals surface area contributed by atoms with Gasteiger partial charge in [0.05, 0.1) is 44.1 Å². The van der Waals surface area contributed by atoms with Gasteiger partial charge in [0, 0.05) is 26.3 Å². The molecular formula is C19H33N5O5. The Morgan fingerprint density at radius 3 is 2.83 bits per heavy atom. The van der Waals surface area contributed by atoms with Crippen LogP contribution in [0.2, 0.25) is 0 Å². The summed E-state index contributed by atoms with van der Waals surface area (Å²) in [5.74, 6) is -0.460. The first-order valence-electron chi connectivity index (χ1n) is 9.82. The lowest BCUT2D eigenvalue weighted by Gasteiger charge is -2.33. The third-order valence-electron chi connectivity index (χ3n) is 4.52. The SMILES string of the molecule is CON(C)CC(O)Cn1cc(NC(=O)C2CCCN(C(=O)OC(C)(C)C)C2)cn1. The van der Waals surface area contributed by atoms with Crippen molar-refractivity contribution in [2.24, 2.45) is 5.92 Å². The fourth-order valence-corrected chi connectivity index (χ4v) is 3.10. The molecular weight excluding hydrogens is 378 g/mol. The van der Waals surface area contributed by atoms with Gasteiger partial charge in [0.2, 0.25) is 5.91 Å². The smallest absolute Gasteiger partial charge is 0.410 e. The molecule has 2 rings (SSSR count). The maximum absolute atomic E-state index is 12.6. The Labute approximate surface area is 171 Å². The molecule has 2 heterocycles. The van der Waals surface area contributed by atoms with Gasteiger partial charge in [-0.25, -0.2) is 4.79 Å². The predicted octanol–water partition coefficient (Wildman–Crippen LogP) is 1.32. The fraction of sp³-hybridized carbons (Fsp3) is 0.737. The van der Waals surface area contributed by atoms with E-state index in [1.165, 1.54) is 12.2 Å². The summed E-state index contributed by atoms with van der Waals surface area (Å²) in [7, 11) is 3.26. The van der Waals surface area contributed by atoms with Gasteiger partial charge in [-0.05, 0) is 33.6 Å². The first kappa shape index (κ1) is 23.1. The van der Waals surface area contributed by atoms with E-state index in [2.05, 4.69) is 10.4 Å². The molecule has 1 fully saturated rings. The zero-order valence-electron chi connectivity index (χ0n) is 17.9. The summed E-state index contributed by atoms with van der Waals surface area (Å²) in [6.45, 7) is 6.99. The molecule has 2 amide bonds. The van der Waals surface area contributed by atoms with Crippen LogP contribution in [0.15, 0.2) is 12.4 Å². The van der Waals surface area contributed by atoms with Crippen LogP contribution in [0.25, 0.3) is 0 Å². The highest BCUT2D eigenvalue weighted by Crippen LogP contribution is 2.21. The van der Waals surface area contributed by atoms with Gasteiger partial charge in [0.25, 0.3) is 0 Å². The number of hydrogen-bond donors (Lipinski definition) is 2. The lowest BCUT2D eigenvalue weighted by Crippen LogP contribution is -2.45. The van der Waals surface area contributed by atoms with Crippen LogP contribution in [0.5, 0.6) is 0 Å². The number of nitrogens with zero attached hydrogens (tertiary/aromatic N) is 4. The van der Waals surface area contributed by atoms with Gasteiger partial charge in [-0.15, -0.1) is 0 Å². The number of carbonyl (C=O) groups is 2. The monoisotopic (exact) mass is 411 g/mol. The zero-order chi connectivity index (χ0) is 21.6. The molecule has 0 aromatic carbocycles. The Balaban J connectivity index is 1.87. The van der Waals surface area contributed by atoms with E-state index in [0.29, 0.717) is 31.7 Å². The number of nitrogens with one attached hydrogen (secondary N) is 1. The highest BCUT2D eigenvalue weighted by molar-refractivity contribution is 5.92. The second-order valence-electron chi connectivity index (χ2n) is 8.35. The highest BCUT2D eigenvalue weighted by Gasteiger charge is 2.31. The normalized spacial score (nSPS) is 18.6. The van der Waals surface area contributed by atoms with Gasteiger partial charge in [0.15, 0.2) is 0 Å². The molecule has 2 unspecified atom stereocenters. The number of piperidine rings is 1. The summed E-state index contributed by atoms with van der Waals surface area (Å²) in [6.07, 6.45) is 3.61. The van der Waals surface area contributed by atoms with Crippen molar-refractivity contribution in [3.05, 3.63) is 12.4 Å². The molecule has 0 aliphatic carbocycles. The fourth-order valence-electron chi connectivity index (χ4n) is 3.10. The van der Waals surface area contributed by atoms with E-state index in [1.54, 1.807) is 29.0 Å². The van der Waals surface area contributed by atoms with Crippen molar-refractivity contribution in [3.8, 4) is 0 Å². The Hall–Kier alpha value is -2.17. The first-order chi connectivity index (χ1) is 13.6. The van der Waals surface area contributed by atoms with Crippen molar-refractivity contribution in [3.63, 3.8) is 0 Å². The predicted molar refractivity (Wildman–Crippen MR) is 107 cm³/mol. The van der Waals surface area contributed by atoms with Crippen LogP contribution in [0.4, 0.5) is 10.5 Å². The third-order valence-corrected chi connectivity index (χ3v) is 4.52. The number of ether oxygens (including phenoxy) is 1. The van der Waals surface area contributed by atoms with Crippen LogP contribution in [0, 0.1) is 5.92 Å². The maximum atomic E-state index is 12.6. The van der Waals surface area contributed by atoms with Crippen LogP contribution in [0.3, 0.4) is 0 Å². The van der Waals surface area contributed by atoms with Gasteiger partial charge in [-0.2, -0.15) is 10.2 Å². The summed E-state index contributed by atoms with van der Waals surface area (Å²) in [5, 5.41) is 18.6. The molecule has 1 aliphatic rings. The number of carbonyl (C=O) groups excluding carboxylic acids is 2. The Morgan fingerprint density at radius 1 is 1.45 bits per heavy atom. The summed E-state index contributed by atoms with van der Waals surface area (Å²) in [6, 6.07) is 0. The molecule has 1 aromatic heterocycles. The van der Waals surface area contributed by atoms with Crippen molar-refractivity contribution < 1.29 is 24.3 Å². The molecule has 0 bridgehead atoms. The number of amides is 2. The largest absolute Gasteiger partial charge is 0.444 e. The first-order valence-corrected chi connectivity index (χ1v) is 9.82. The Kier molecular flexibility index (Phi) is 8.00. The zero-order valence-corrected chi connectivity index (χ0v) is 17.9. The van der Waals surface area contributed by atoms with Crippen LogP contribution in [-0.4, -0.2) is 82.3 Å². The van der Waals surface area contributed by atoms with Crippen molar-refractivity contribution >= 4 is 17.7 Å².